The summed E-state index contributed by atoms with van der Waals surface area (Å²) in [5.74, 6) is -0.0535. The number of carboxylic acid groups (broad SMARTS) is 1. The molecule has 0 aromatic rings. The molecule has 14 heavy (non-hydrogen) atoms. The first-order valence-electron chi connectivity index (χ1n) is 5.84. The van der Waals surface area contributed by atoms with Crippen LogP contribution in [0.4, 0.5) is 0 Å². The van der Waals surface area contributed by atoms with E-state index in [1.807, 2.05) is 0 Å². The van der Waals surface area contributed by atoms with E-state index in [4.69, 9.17) is 0 Å². The van der Waals surface area contributed by atoms with Crippen LogP contribution in [0, 0.1) is 17.8 Å². The number of carboxylic acids is 1. The lowest BCUT2D eigenvalue weighted by atomic mass is 9.76. The third-order valence-corrected chi connectivity index (χ3v) is 3.40. The maximum atomic E-state index is 11.2. The Balaban J connectivity index is 4.62. The highest BCUT2D eigenvalue weighted by Gasteiger charge is 2.31. The molecular formula is C12H24O2. The van der Waals surface area contributed by atoms with Gasteiger partial charge in [-0.1, -0.05) is 53.4 Å². The Labute approximate surface area is 87.7 Å². The van der Waals surface area contributed by atoms with Crippen molar-refractivity contribution in [3.63, 3.8) is 0 Å². The molecule has 1 N–H and O–H groups in total. The van der Waals surface area contributed by atoms with Gasteiger partial charge in [0.05, 0.1) is 5.92 Å². The summed E-state index contributed by atoms with van der Waals surface area (Å²) in [7, 11) is 0. The van der Waals surface area contributed by atoms with E-state index < -0.39 is 5.97 Å². The average Bonchev–Trinajstić information content (AvgIpc) is 2.18. The molecule has 0 saturated heterocycles. The summed E-state index contributed by atoms with van der Waals surface area (Å²) >= 11 is 0. The van der Waals surface area contributed by atoms with Gasteiger partial charge in [0.15, 0.2) is 0 Å². The van der Waals surface area contributed by atoms with E-state index in [-0.39, 0.29) is 5.92 Å². The molecule has 2 heteroatoms. The first kappa shape index (κ1) is 13.5. The second kappa shape index (κ2) is 6.86. The van der Waals surface area contributed by atoms with Crippen LogP contribution in [-0.2, 0) is 4.79 Å². The first-order chi connectivity index (χ1) is 6.62. The van der Waals surface area contributed by atoms with E-state index in [1.54, 1.807) is 0 Å². The molecule has 0 unspecified atom stereocenters. The van der Waals surface area contributed by atoms with E-state index in [0.717, 1.165) is 25.7 Å². The Hall–Kier alpha value is -0.530. The standard InChI is InChI=1S/C12H24O2/c1-5-9(6-2)11(12(13)14)10(7-3)8-4/h9-11H,5-8H2,1-4H3,(H,13,14). The summed E-state index contributed by atoms with van der Waals surface area (Å²) in [6.45, 7) is 8.36. The number of hydrogen-bond donors (Lipinski definition) is 1. The van der Waals surface area contributed by atoms with Crippen LogP contribution in [0.25, 0.3) is 0 Å². The fourth-order valence-electron chi connectivity index (χ4n) is 2.38. The van der Waals surface area contributed by atoms with E-state index in [1.165, 1.54) is 0 Å². The first-order valence-corrected chi connectivity index (χ1v) is 5.84. The molecule has 0 spiro atoms. The molecule has 0 heterocycles. The molecule has 0 radical (unpaired) electrons. The van der Waals surface area contributed by atoms with E-state index in [2.05, 4.69) is 27.7 Å². The molecule has 0 aliphatic heterocycles. The normalized spacial score (nSPS) is 11.6. The van der Waals surface area contributed by atoms with Crippen LogP contribution in [0.1, 0.15) is 53.4 Å². The average molecular weight is 200 g/mol. The number of rotatable bonds is 7. The maximum Gasteiger partial charge on any atom is 0.307 e. The highest BCUT2D eigenvalue weighted by atomic mass is 16.4. The fourth-order valence-corrected chi connectivity index (χ4v) is 2.38. The molecule has 0 atom stereocenters. The van der Waals surface area contributed by atoms with Gasteiger partial charge in [0, 0.05) is 0 Å². The van der Waals surface area contributed by atoms with Crippen LogP contribution in [0.5, 0.6) is 0 Å². The van der Waals surface area contributed by atoms with Gasteiger partial charge in [-0.05, 0) is 11.8 Å². The monoisotopic (exact) mass is 200 g/mol. The van der Waals surface area contributed by atoms with Crippen molar-refractivity contribution < 1.29 is 9.90 Å². The zero-order valence-electron chi connectivity index (χ0n) is 9.92. The van der Waals surface area contributed by atoms with Gasteiger partial charge in [0.2, 0.25) is 0 Å². The Bertz CT molecular complexity index is 146. The smallest absolute Gasteiger partial charge is 0.307 e. The lowest BCUT2D eigenvalue weighted by Gasteiger charge is -2.28. The fraction of sp³-hybridized carbons (Fsp3) is 0.917. The Morgan fingerprint density at radius 2 is 1.21 bits per heavy atom. The second-order valence-corrected chi connectivity index (χ2v) is 4.02. The van der Waals surface area contributed by atoms with Crippen LogP contribution in [0.3, 0.4) is 0 Å². The van der Waals surface area contributed by atoms with Gasteiger partial charge in [-0.15, -0.1) is 0 Å². The highest BCUT2D eigenvalue weighted by Crippen LogP contribution is 2.31. The van der Waals surface area contributed by atoms with Gasteiger partial charge >= 0.3 is 5.97 Å². The predicted molar refractivity (Wildman–Crippen MR) is 59.3 cm³/mol. The van der Waals surface area contributed by atoms with E-state index >= 15 is 0 Å². The van der Waals surface area contributed by atoms with E-state index in [0.29, 0.717) is 11.8 Å². The van der Waals surface area contributed by atoms with Crippen LogP contribution >= 0.6 is 0 Å². The maximum absolute atomic E-state index is 11.2. The van der Waals surface area contributed by atoms with Crippen molar-refractivity contribution in [2.45, 2.75) is 53.4 Å². The van der Waals surface area contributed by atoms with Gasteiger partial charge in [-0.25, -0.2) is 0 Å². The number of carbonyl (C=O) groups is 1. The quantitative estimate of drug-likeness (QED) is 0.682. The Kier molecular flexibility index (Phi) is 6.60. The lowest BCUT2D eigenvalue weighted by molar-refractivity contribution is -0.146. The lowest BCUT2D eigenvalue weighted by Crippen LogP contribution is -2.30. The SMILES string of the molecule is CCC(CC)C(C(=O)O)C(CC)CC. The number of hydrogen-bond acceptors (Lipinski definition) is 1. The van der Waals surface area contributed by atoms with Crippen molar-refractivity contribution in [1.29, 1.82) is 0 Å². The molecule has 0 fully saturated rings. The third-order valence-electron chi connectivity index (χ3n) is 3.40. The summed E-state index contributed by atoms with van der Waals surface area (Å²) in [5, 5.41) is 9.24. The van der Waals surface area contributed by atoms with Crippen LogP contribution < -0.4 is 0 Å². The van der Waals surface area contributed by atoms with Crippen LogP contribution in [0.2, 0.25) is 0 Å². The van der Waals surface area contributed by atoms with Gasteiger partial charge in [-0.2, -0.15) is 0 Å². The largest absolute Gasteiger partial charge is 0.481 e. The van der Waals surface area contributed by atoms with Gasteiger partial charge < -0.3 is 5.11 Å². The molecule has 2 nitrogen and oxygen atoms in total. The van der Waals surface area contributed by atoms with Crippen LogP contribution in [0.15, 0.2) is 0 Å². The molecule has 0 aliphatic carbocycles. The number of aliphatic carboxylic acids is 1. The van der Waals surface area contributed by atoms with Crippen molar-refractivity contribution in [2.24, 2.45) is 17.8 Å². The van der Waals surface area contributed by atoms with E-state index in [9.17, 15) is 9.90 Å². The van der Waals surface area contributed by atoms with Crippen molar-refractivity contribution in [3.8, 4) is 0 Å². The van der Waals surface area contributed by atoms with Crippen molar-refractivity contribution >= 4 is 5.97 Å². The minimum atomic E-state index is -0.604. The summed E-state index contributed by atoms with van der Waals surface area (Å²) in [6, 6.07) is 0. The van der Waals surface area contributed by atoms with Crippen LogP contribution in [-0.4, -0.2) is 11.1 Å². The third kappa shape index (κ3) is 3.32. The second-order valence-electron chi connectivity index (χ2n) is 4.02. The summed E-state index contributed by atoms with van der Waals surface area (Å²) in [6.07, 6.45) is 3.90. The molecule has 0 amide bonds. The minimum absolute atomic E-state index is 0.139. The zero-order valence-corrected chi connectivity index (χ0v) is 9.92. The van der Waals surface area contributed by atoms with Crippen molar-refractivity contribution in [1.82, 2.24) is 0 Å². The summed E-state index contributed by atoms with van der Waals surface area (Å²) in [4.78, 5) is 11.2. The molecule has 0 aliphatic rings. The molecule has 0 rings (SSSR count). The Morgan fingerprint density at radius 1 is 0.929 bits per heavy atom. The molecule has 0 saturated carbocycles. The van der Waals surface area contributed by atoms with Gasteiger partial charge in [0.1, 0.15) is 0 Å². The minimum Gasteiger partial charge on any atom is -0.481 e. The van der Waals surface area contributed by atoms with Crippen molar-refractivity contribution in [3.05, 3.63) is 0 Å². The van der Waals surface area contributed by atoms with Gasteiger partial charge in [-0.3, -0.25) is 4.79 Å². The highest BCUT2D eigenvalue weighted by molar-refractivity contribution is 5.70. The summed E-state index contributed by atoms with van der Waals surface area (Å²) < 4.78 is 0. The molecular weight excluding hydrogens is 176 g/mol. The van der Waals surface area contributed by atoms with Gasteiger partial charge in [0.25, 0.3) is 0 Å². The summed E-state index contributed by atoms with van der Waals surface area (Å²) in [5.41, 5.74) is 0. The Morgan fingerprint density at radius 3 is 1.36 bits per heavy atom. The molecule has 0 bridgehead atoms. The molecule has 0 aromatic heterocycles. The topological polar surface area (TPSA) is 37.3 Å². The predicted octanol–water partition coefficient (Wildman–Crippen LogP) is 3.56. The zero-order chi connectivity index (χ0) is 11.1. The molecule has 84 valence electrons. The molecule has 0 aromatic carbocycles. The van der Waals surface area contributed by atoms with Crippen molar-refractivity contribution in [2.75, 3.05) is 0 Å².